The molecule has 3 nitrogen and oxygen atoms in total. The van der Waals surface area contributed by atoms with E-state index in [1.807, 2.05) is 24.3 Å². The Morgan fingerprint density at radius 1 is 1.19 bits per heavy atom. The third kappa shape index (κ3) is 2.97. The van der Waals surface area contributed by atoms with Crippen LogP contribution in [-0.2, 0) is 6.61 Å². The highest BCUT2D eigenvalue weighted by atomic mass is 79.9. The topological polar surface area (TPSA) is 48.1 Å². The number of nitrogens with zero attached hydrogens (tertiary/aromatic N) is 1. The Kier molecular flexibility index (Phi) is 3.41. The second kappa shape index (κ2) is 4.99. The van der Waals surface area contributed by atoms with Crippen molar-refractivity contribution in [1.29, 1.82) is 0 Å². The molecule has 0 aliphatic carbocycles. The van der Waals surface area contributed by atoms with Crippen molar-refractivity contribution in [2.24, 2.45) is 0 Å². The van der Waals surface area contributed by atoms with Crippen molar-refractivity contribution in [2.45, 2.75) is 6.61 Å². The van der Waals surface area contributed by atoms with E-state index >= 15 is 0 Å². The molecule has 0 bridgehead atoms. The largest absolute Gasteiger partial charge is 0.473 e. The summed E-state index contributed by atoms with van der Waals surface area (Å²) in [4.78, 5) is 4.06. The predicted molar refractivity (Wildman–Crippen MR) is 67.1 cm³/mol. The first-order valence-corrected chi connectivity index (χ1v) is 5.62. The molecule has 1 aromatic carbocycles. The summed E-state index contributed by atoms with van der Waals surface area (Å²) in [5, 5.41) is 0. The molecule has 4 heteroatoms. The van der Waals surface area contributed by atoms with Crippen LogP contribution in [0, 0.1) is 0 Å². The smallest absolute Gasteiger partial charge is 0.215 e. The number of nitrogens with two attached hydrogens (primary N) is 1. The van der Waals surface area contributed by atoms with Crippen molar-refractivity contribution in [1.82, 2.24) is 4.98 Å². The van der Waals surface area contributed by atoms with Gasteiger partial charge in [0.1, 0.15) is 6.61 Å². The lowest BCUT2D eigenvalue weighted by atomic mass is 10.2. The maximum Gasteiger partial charge on any atom is 0.215 e. The van der Waals surface area contributed by atoms with Crippen LogP contribution in [0.4, 0.5) is 5.69 Å². The van der Waals surface area contributed by atoms with Crippen molar-refractivity contribution < 1.29 is 4.74 Å². The van der Waals surface area contributed by atoms with E-state index in [0.717, 1.165) is 10.0 Å². The Balaban J connectivity index is 1.99. The molecule has 2 rings (SSSR count). The van der Waals surface area contributed by atoms with Crippen molar-refractivity contribution >= 4 is 21.6 Å². The van der Waals surface area contributed by atoms with E-state index in [9.17, 15) is 0 Å². The maximum absolute atomic E-state index is 5.62. The minimum atomic E-state index is 0.490. The highest BCUT2D eigenvalue weighted by Gasteiger charge is 1.97. The van der Waals surface area contributed by atoms with Crippen LogP contribution in [0.2, 0.25) is 0 Å². The van der Waals surface area contributed by atoms with E-state index in [1.165, 1.54) is 0 Å². The summed E-state index contributed by atoms with van der Waals surface area (Å²) < 4.78 is 6.56. The van der Waals surface area contributed by atoms with Gasteiger partial charge >= 0.3 is 0 Å². The van der Waals surface area contributed by atoms with Gasteiger partial charge in [-0.3, -0.25) is 0 Å². The van der Waals surface area contributed by atoms with Crippen LogP contribution in [0.15, 0.2) is 47.1 Å². The van der Waals surface area contributed by atoms with Crippen LogP contribution in [0.25, 0.3) is 0 Å². The fraction of sp³-hybridized carbons (Fsp3) is 0.0833. The minimum Gasteiger partial charge on any atom is -0.473 e. The molecule has 0 unspecified atom stereocenters. The zero-order chi connectivity index (χ0) is 11.4. The Morgan fingerprint density at radius 2 is 1.94 bits per heavy atom. The van der Waals surface area contributed by atoms with Gasteiger partial charge in [-0.15, -0.1) is 0 Å². The summed E-state index contributed by atoms with van der Waals surface area (Å²) >= 11 is 3.38. The van der Waals surface area contributed by atoms with Crippen molar-refractivity contribution in [3.8, 4) is 5.88 Å². The Labute approximate surface area is 102 Å². The van der Waals surface area contributed by atoms with Gasteiger partial charge < -0.3 is 10.5 Å². The molecule has 0 radical (unpaired) electrons. The molecular formula is C12H11BrN2O. The van der Waals surface area contributed by atoms with Gasteiger partial charge in [-0.25, -0.2) is 4.98 Å². The van der Waals surface area contributed by atoms with Gasteiger partial charge in [0.15, 0.2) is 0 Å². The molecule has 82 valence electrons. The molecule has 0 spiro atoms. The lowest BCUT2D eigenvalue weighted by Crippen LogP contribution is -1.97. The van der Waals surface area contributed by atoms with Crippen molar-refractivity contribution in [3.63, 3.8) is 0 Å². The number of halogens is 1. The van der Waals surface area contributed by atoms with Crippen LogP contribution >= 0.6 is 15.9 Å². The van der Waals surface area contributed by atoms with Gasteiger partial charge in [0.25, 0.3) is 0 Å². The van der Waals surface area contributed by atoms with Crippen LogP contribution < -0.4 is 10.5 Å². The molecule has 16 heavy (non-hydrogen) atoms. The first-order valence-electron chi connectivity index (χ1n) is 4.83. The quantitative estimate of drug-likeness (QED) is 0.939. The molecule has 0 saturated carbocycles. The average molecular weight is 279 g/mol. The van der Waals surface area contributed by atoms with E-state index in [2.05, 4.69) is 20.9 Å². The second-order valence-corrected chi connectivity index (χ2v) is 4.26. The van der Waals surface area contributed by atoms with E-state index in [-0.39, 0.29) is 0 Å². The first-order chi connectivity index (χ1) is 7.74. The molecule has 0 atom stereocenters. The average Bonchev–Trinajstić information content (AvgIpc) is 2.28. The SMILES string of the molecule is Nc1ccnc(OCc2ccc(Br)cc2)c1. The third-order valence-electron chi connectivity index (χ3n) is 2.06. The molecule has 0 aliphatic heterocycles. The number of anilines is 1. The molecule has 0 amide bonds. The van der Waals surface area contributed by atoms with E-state index < -0.39 is 0 Å². The number of rotatable bonds is 3. The van der Waals surface area contributed by atoms with Crippen LogP contribution in [0.3, 0.4) is 0 Å². The molecule has 0 fully saturated rings. The summed E-state index contributed by atoms with van der Waals surface area (Å²) in [6.45, 7) is 0.490. The molecule has 1 aromatic heterocycles. The summed E-state index contributed by atoms with van der Waals surface area (Å²) in [5.41, 5.74) is 7.36. The summed E-state index contributed by atoms with van der Waals surface area (Å²) in [6.07, 6.45) is 1.63. The summed E-state index contributed by atoms with van der Waals surface area (Å²) in [6, 6.07) is 11.4. The maximum atomic E-state index is 5.62. The third-order valence-corrected chi connectivity index (χ3v) is 2.59. The Morgan fingerprint density at radius 3 is 2.62 bits per heavy atom. The summed E-state index contributed by atoms with van der Waals surface area (Å²) in [7, 11) is 0. The molecular weight excluding hydrogens is 268 g/mol. The lowest BCUT2D eigenvalue weighted by Gasteiger charge is -2.05. The van der Waals surface area contributed by atoms with Gasteiger partial charge in [-0.1, -0.05) is 28.1 Å². The fourth-order valence-electron chi connectivity index (χ4n) is 1.24. The number of hydrogen-bond donors (Lipinski definition) is 1. The Bertz CT molecular complexity index is 471. The zero-order valence-electron chi connectivity index (χ0n) is 8.56. The van der Waals surface area contributed by atoms with E-state index in [1.54, 1.807) is 18.3 Å². The monoisotopic (exact) mass is 278 g/mol. The standard InChI is InChI=1S/C12H11BrN2O/c13-10-3-1-9(2-4-10)8-16-12-7-11(14)5-6-15-12/h1-7H,8H2,(H2,14,15). The molecule has 0 aliphatic rings. The number of benzene rings is 1. The van der Waals surface area contributed by atoms with Crippen LogP contribution in [-0.4, -0.2) is 4.98 Å². The van der Waals surface area contributed by atoms with Crippen molar-refractivity contribution in [2.75, 3.05) is 5.73 Å². The second-order valence-electron chi connectivity index (χ2n) is 3.34. The fourth-order valence-corrected chi connectivity index (χ4v) is 1.51. The first kappa shape index (κ1) is 11.0. The Hall–Kier alpha value is -1.55. The van der Waals surface area contributed by atoms with Crippen LogP contribution in [0.1, 0.15) is 5.56 Å². The van der Waals surface area contributed by atoms with Gasteiger partial charge in [0.05, 0.1) is 0 Å². The van der Waals surface area contributed by atoms with Crippen LogP contribution in [0.5, 0.6) is 5.88 Å². The number of nitrogen functional groups attached to an aromatic ring is 1. The van der Waals surface area contributed by atoms with Crippen molar-refractivity contribution in [3.05, 3.63) is 52.6 Å². The predicted octanol–water partition coefficient (Wildman–Crippen LogP) is 3.01. The number of ether oxygens (including phenoxy) is 1. The highest BCUT2D eigenvalue weighted by Crippen LogP contribution is 2.14. The van der Waals surface area contributed by atoms with Gasteiger partial charge in [0, 0.05) is 22.4 Å². The van der Waals surface area contributed by atoms with Gasteiger partial charge in [-0.2, -0.15) is 0 Å². The zero-order valence-corrected chi connectivity index (χ0v) is 10.1. The highest BCUT2D eigenvalue weighted by molar-refractivity contribution is 9.10. The van der Waals surface area contributed by atoms with E-state index in [4.69, 9.17) is 10.5 Å². The molecule has 0 saturated heterocycles. The van der Waals surface area contributed by atoms with E-state index in [0.29, 0.717) is 18.2 Å². The number of pyridine rings is 1. The lowest BCUT2D eigenvalue weighted by molar-refractivity contribution is 0.294. The normalized spacial score (nSPS) is 10.1. The van der Waals surface area contributed by atoms with Gasteiger partial charge in [-0.05, 0) is 23.8 Å². The molecule has 2 N–H and O–H groups in total. The minimum absolute atomic E-state index is 0.490. The molecule has 2 aromatic rings. The molecule has 1 heterocycles. The number of aromatic nitrogens is 1. The summed E-state index contributed by atoms with van der Waals surface area (Å²) in [5.74, 6) is 0.544. The number of hydrogen-bond acceptors (Lipinski definition) is 3. The van der Waals surface area contributed by atoms with Gasteiger partial charge in [0.2, 0.25) is 5.88 Å².